The van der Waals surface area contributed by atoms with E-state index in [1.165, 1.54) is 225 Å². The Morgan fingerprint density at radius 1 is 0.435 bits per heavy atom. The maximum absolute atomic E-state index is 12.2. The molecule has 0 radical (unpaired) electrons. The van der Waals surface area contributed by atoms with Crippen LogP contribution in [0.4, 0.5) is 11.4 Å². The molecule has 0 fully saturated rings. The van der Waals surface area contributed by atoms with Crippen LogP contribution in [-0.4, -0.2) is 60.3 Å². The Balaban J connectivity index is 0. The van der Waals surface area contributed by atoms with Gasteiger partial charge in [-0.25, -0.2) is 0 Å². The predicted octanol–water partition coefficient (Wildman–Crippen LogP) is 14.8. The highest BCUT2D eigenvalue weighted by molar-refractivity contribution is 5.74. The highest BCUT2D eigenvalue weighted by Crippen LogP contribution is 2.26. The molecule has 1 atom stereocenters. The number of carbonyl (C=O) groups is 2. The molecule has 366 valence electrons. The fourth-order valence-corrected chi connectivity index (χ4v) is 9.00. The van der Waals surface area contributed by atoms with E-state index in [0.29, 0.717) is 11.4 Å². The molecule has 0 saturated heterocycles. The summed E-state index contributed by atoms with van der Waals surface area (Å²) in [5.74, 6) is 1.92. The number of anilines is 2. The van der Waals surface area contributed by atoms with Crippen LogP contribution in [-0.2, 0) is 9.59 Å². The SMILES string of the molecule is CCCCCCCCC(CCCCCCCC)CCCCCCCN(CCCCCCCC(CCC)CCCCCC)CCCNc1c(NC(C)C)c(=O)c1=O.O=CO.O=CO. The van der Waals surface area contributed by atoms with Crippen molar-refractivity contribution >= 4 is 24.3 Å². The number of unbranched alkanes of at least 4 members (excludes halogenated alkanes) is 21. The third-order valence-corrected chi connectivity index (χ3v) is 12.6. The van der Waals surface area contributed by atoms with E-state index >= 15 is 0 Å². The van der Waals surface area contributed by atoms with Crippen molar-refractivity contribution in [3.05, 3.63) is 20.4 Å². The van der Waals surface area contributed by atoms with E-state index < -0.39 is 0 Å². The molecule has 0 aromatic heterocycles. The second-order valence-corrected chi connectivity index (χ2v) is 18.6. The number of nitrogens with one attached hydrogen (secondary N) is 2. The van der Waals surface area contributed by atoms with E-state index in [0.717, 1.165) is 31.3 Å². The average Bonchev–Trinajstić information content (AvgIpc) is 3.25. The molecule has 4 N–H and O–H groups in total. The Hall–Kier alpha value is -2.42. The second kappa shape index (κ2) is 48.0. The number of hydrogen-bond acceptors (Lipinski definition) is 7. The molecule has 1 unspecified atom stereocenters. The molecule has 1 aromatic carbocycles. The number of nitrogens with zero attached hydrogens (tertiary/aromatic N) is 1. The van der Waals surface area contributed by atoms with Crippen molar-refractivity contribution in [2.75, 3.05) is 36.8 Å². The Labute approximate surface area is 382 Å². The van der Waals surface area contributed by atoms with Gasteiger partial charge in [0, 0.05) is 12.6 Å². The fourth-order valence-electron chi connectivity index (χ4n) is 9.00. The van der Waals surface area contributed by atoms with Gasteiger partial charge in [-0.1, -0.05) is 227 Å². The van der Waals surface area contributed by atoms with Gasteiger partial charge in [-0.15, -0.1) is 0 Å². The first-order chi connectivity index (χ1) is 30.2. The molecule has 0 heterocycles. The molecular weight excluding hydrogens is 775 g/mol. The highest BCUT2D eigenvalue weighted by atomic mass is 16.3. The smallest absolute Gasteiger partial charge is 0.290 e. The molecule has 0 aliphatic heterocycles. The summed E-state index contributed by atoms with van der Waals surface area (Å²) in [7, 11) is 0. The van der Waals surface area contributed by atoms with Crippen molar-refractivity contribution in [3.63, 3.8) is 0 Å². The van der Waals surface area contributed by atoms with E-state index in [4.69, 9.17) is 19.8 Å². The summed E-state index contributed by atoms with van der Waals surface area (Å²) >= 11 is 0. The first-order valence-corrected chi connectivity index (χ1v) is 26.4. The molecule has 9 heteroatoms. The average molecular weight is 878 g/mol. The van der Waals surface area contributed by atoms with E-state index in [2.05, 4.69) is 43.2 Å². The molecule has 0 spiro atoms. The van der Waals surface area contributed by atoms with E-state index in [1.54, 1.807) is 0 Å². The van der Waals surface area contributed by atoms with Gasteiger partial charge in [0.1, 0.15) is 11.4 Å². The molecule has 0 aliphatic rings. The maximum Gasteiger partial charge on any atom is 0.290 e. The lowest BCUT2D eigenvalue weighted by molar-refractivity contribution is -0.123. The summed E-state index contributed by atoms with van der Waals surface area (Å²) in [6.45, 7) is 17.0. The lowest BCUT2D eigenvalue weighted by Gasteiger charge is -2.23. The molecule has 0 amide bonds. The molecule has 0 aliphatic carbocycles. The zero-order chi connectivity index (χ0) is 46.3. The van der Waals surface area contributed by atoms with Crippen LogP contribution in [0.25, 0.3) is 0 Å². The Morgan fingerprint density at radius 2 is 0.742 bits per heavy atom. The van der Waals surface area contributed by atoms with Gasteiger partial charge in [-0.2, -0.15) is 0 Å². The predicted molar refractivity (Wildman–Crippen MR) is 269 cm³/mol. The minimum atomic E-state index is -0.373. The van der Waals surface area contributed by atoms with E-state index in [9.17, 15) is 9.59 Å². The Kier molecular flexibility index (Phi) is 47.8. The van der Waals surface area contributed by atoms with Crippen LogP contribution in [0.2, 0.25) is 0 Å². The zero-order valence-corrected chi connectivity index (χ0v) is 41.7. The lowest BCUT2D eigenvalue weighted by atomic mass is 9.89. The quantitative estimate of drug-likeness (QED) is 0.0287. The molecule has 9 nitrogen and oxygen atoms in total. The first-order valence-electron chi connectivity index (χ1n) is 26.4. The van der Waals surface area contributed by atoms with Gasteiger partial charge >= 0.3 is 0 Å². The highest BCUT2D eigenvalue weighted by Gasteiger charge is 2.21. The summed E-state index contributed by atoms with van der Waals surface area (Å²) < 4.78 is 0. The molecular formula is C53H103N3O6. The van der Waals surface area contributed by atoms with Crippen LogP contribution in [0, 0.1) is 11.8 Å². The van der Waals surface area contributed by atoms with Gasteiger partial charge in [0.15, 0.2) is 0 Å². The normalized spacial score (nSPS) is 11.7. The maximum atomic E-state index is 12.2. The molecule has 0 bridgehead atoms. The van der Waals surface area contributed by atoms with Crippen LogP contribution in [0.3, 0.4) is 0 Å². The van der Waals surface area contributed by atoms with Gasteiger partial charge in [0.2, 0.25) is 0 Å². The zero-order valence-electron chi connectivity index (χ0n) is 41.7. The summed E-state index contributed by atoms with van der Waals surface area (Å²) in [5.41, 5.74) is 0.245. The third-order valence-electron chi connectivity index (χ3n) is 12.6. The molecule has 1 rings (SSSR count). The Morgan fingerprint density at radius 3 is 1.11 bits per heavy atom. The lowest BCUT2D eigenvalue weighted by Crippen LogP contribution is -2.39. The van der Waals surface area contributed by atoms with Crippen molar-refractivity contribution in [1.29, 1.82) is 0 Å². The fraction of sp³-hybridized carbons (Fsp3) is 0.887. The first kappa shape index (κ1) is 61.7. The topological polar surface area (TPSA) is 136 Å². The summed E-state index contributed by atoms with van der Waals surface area (Å²) in [5, 5.41) is 20.2. The van der Waals surface area contributed by atoms with Crippen LogP contribution in [0.15, 0.2) is 9.59 Å². The second-order valence-electron chi connectivity index (χ2n) is 18.6. The van der Waals surface area contributed by atoms with Crippen LogP contribution >= 0.6 is 0 Å². The van der Waals surface area contributed by atoms with Gasteiger partial charge in [-0.05, 0) is 64.6 Å². The van der Waals surface area contributed by atoms with Crippen molar-refractivity contribution < 1.29 is 19.8 Å². The monoisotopic (exact) mass is 878 g/mol. The van der Waals surface area contributed by atoms with E-state index in [1.807, 2.05) is 13.8 Å². The summed E-state index contributed by atoms with van der Waals surface area (Å²) in [6, 6.07) is 0.138. The summed E-state index contributed by atoms with van der Waals surface area (Å²) in [6.07, 6.45) is 47.4. The molecule has 0 saturated carbocycles. The molecule has 62 heavy (non-hydrogen) atoms. The van der Waals surface area contributed by atoms with Crippen molar-refractivity contribution in [2.45, 2.75) is 266 Å². The van der Waals surface area contributed by atoms with Crippen molar-refractivity contribution in [3.8, 4) is 0 Å². The van der Waals surface area contributed by atoms with Gasteiger partial charge in [0.05, 0.1) is 0 Å². The minimum Gasteiger partial charge on any atom is -0.483 e. The number of rotatable bonds is 44. The van der Waals surface area contributed by atoms with Crippen molar-refractivity contribution in [2.24, 2.45) is 11.8 Å². The number of carboxylic acid groups (broad SMARTS) is 2. The van der Waals surface area contributed by atoms with Crippen LogP contribution in [0.1, 0.15) is 260 Å². The van der Waals surface area contributed by atoms with Crippen LogP contribution < -0.4 is 21.5 Å². The van der Waals surface area contributed by atoms with Crippen LogP contribution in [0.5, 0.6) is 0 Å². The minimum absolute atomic E-state index is 0.138. The molecule has 1 aromatic rings. The Bertz CT molecular complexity index is 1130. The third kappa shape index (κ3) is 38.1. The van der Waals surface area contributed by atoms with Gasteiger partial charge in [-0.3, -0.25) is 19.2 Å². The van der Waals surface area contributed by atoms with Gasteiger partial charge in [0.25, 0.3) is 23.8 Å². The summed E-state index contributed by atoms with van der Waals surface area (Å²) in [4.78, 5) is 43.7. The largest absolute Gasteiger partial charge is 0.483 e. The number of hydrogen-bond donors (Lipinski definition) is 4. The van der Waals surface area contributed by atoms with Gasteiger partial charge < -0.3 is 25.7 Å². The van der Waals surface area contributed by atoms with E-state index in [-0.39, 0.29) is 29.8 Å². The van der Waals surface area contributed by atoms with Crippen molar-refractivity contribution in [1.82, 2.24) is 4.90 Å². The standard InChI is InChI=1S/C51H99N3O2.2CH2O2/c1-7-11-14-17-21-29-38-47(39-30-22-18-15-12-8-2)40-31-24-20-26-33-43-54(44-34-41-52-48-49(53-45(5)6)51(56)50(48)55)42-32-25-19-23-28-37-46(35-10-4)36-27-16-13-9-3;2*2-1-3/h45-47,52-53H,7-44H2,1-6H3;2*1H,(H,2,3).